The lowest BCUT2D eigenvalue weighted by atomic mass is 9.97. The van der Waals surface area contributed by atoms with E-state index in [1.165, 1.54) is 27.6 Å². The molecule has 3 aromatic carbocycles. The van der Waals surface area contributed by atoms with Crippen LogP contribution in [0.1, 0.15) is 73.6 Å². The van der Waals surface area contributed by atoms with Gasteiger partial charge in [-0.05, 0) is 78.8 Å². The van der Waals surface area contributed by atoms with Gasteiger partial charge in [0.1, 0.15) is 0 Å². The van der Waals surface area contributed by atoms with Crippen LogP contribution in [0.3, 0.4) is 0 Å². The number of amides is 1. The molecular formula is C28H36N2O. The normalized spacial score (nSPS) is 12.0. The first kappa shape index (κ1) is 22.9. The zero-order valence-electron chi connectivity index (χ0n) is 19.7. The number of hydrogen-bond donors (Lipinski definition) is 1. The molecule has 1 N–H and O–H groups in total. The fraction of sp³-hybridized carbons (Fsp3) is 0.393. The molecule has 0 fully saturated rings. The Morgan fingerprint density at radius 1 is 0.968 bits per heavy atom. The maximum Gasteiger partial charge on any atom is 0.252 e. The van der Waals surface area contributed by atoms with E-state index in [2.05, 4.69) is 80.4 Å². The van der Waals surface area contributed by atoms with Gasteiger partial charge in [-0.2, -0.15) is 0 Å². The highest BCUT2D eigenvalue weighted by Gasteiger charge is 2.18. The van der Waals surface area contributed by atoms with Crippen molar-refractivity contribution in [1.82, 2.24) is 5.32 Å². The van der Waals surface area contributed by atoms with Gasteiger partial charge in [0.05, 0.1) is 6.04 Å². The van der Waals surface area contributed by atoms with Gasteiger partial charge in [-0.15, -0.1) is 0 Å². The Labute approximate surface area is 187 Å². The van der Waals surface area contributed by atoms with Crippen LogP contribution in [-0.4, -0.2) is 19.0 Å². The topological polar surface area (TPSA) is 32.3 Å². The number of benzene rings is 3. The Hall–Kier alpha value is -2.81. The van der Waals surface area contributed by atoms with Gasteiger partial charge in [-0.3, -0.25) is 4.79 Å². The molecule has 1 unspecified atom stereocenters. The SMILES string of the molecule is CCCN(CCC)c1cc(C(C)NC(=O)c2cc(CC)ccc2C)c2ccccc2c1. The predicted octanol–water partition coefficient (Wildman–Crippen LogP) is 6.83. The molecule has 3 aromatic rings. The fourth-order valence-electron chi connectivity index (χ4n) is 4.26. The van der Waals surface area contributed by atoms with Gasteiger partial charge >= 0.3 is 0 Å². The average molecular weight is 417 g/mol. The standard InChI is InChI=1S/C28H36N2O/c1-6-15-30(16-7-2)24-18-23-11-9-10-12-25(23)27(19-24)21(5)29-28(31)26-17-22(8-3)14-13-20(26)4/h9-14,17-19,21H,6-8,15-16H2,1-5H3,(H,29,31). The van der Waals surface area contributed by atoms with E-state index in [4.69, 9.17) is 0 Å². The summed E-state index contributed by atoms with van der Waals surface area (Å²) in [5.41, 5.74) is 5.37. The van der Waals surface area contributed by atoms with Crippen LogP contribution in [0.4, 0.5) is 5.69 Å². The highest BCUT2D eigenvalue weighted by atomic mass is 16.1. The van der Waals surface area contributed by atoms with Crippen molar-refractivity contribution < 1.29 is 4.79 Å². The second kappa shape index (κ2) is 10.5. The van der Waals surface area contributed by atoms with E-state index in [-0.39, 0.29) is 11.9 Å². The van der Waals surface area contributed by atoms with Crippen molar-refractivity contribution in [3.05, 3.63) is 76.9 Å². The first-order chi connectivity index (χ1) is 15.0. The zero-order valence-corrected chi connectivity index (χ0v) is 19.7. The van der Waals surface area contributed by atoms with Gasteiger partial charge in [0.15, 0.2) is 0 Å². The van der Waals surface area contributed by atoms with Crippen molar-refractivity contribution in [2.24, 2.45) is 0 Å². The smallest absolute Gasteiger partial charge is 0.252 e. The van der Waals surface area contributed by atoms with Crippen LogP contribution in [0.25, 0.3) is 10.8 Å². The Bertz CT molecular complexity index is 1030. The van der Waals surface area contributed by atoms with Crippen molar-refractivity contribution in [2.75, 3.05) is 18.0 Å². The molecule has 3 rings (SSSR count). The zero-order chi connectivity index (χ0) is 22.4. The molecule has 0 aromatic heterocycles. The number of nitrogens with one attached hydrogen (secondary N) is 1. The molecule has 1 atom stereocenters. The van der Waals surface area contributed by atoms with Gasteiger partial charge in [0.25, 0.3) is 5.91 Å². The van der Waals surface area contributed by atoms with Crippen LogP contribution in [0.2, 0.25) is 0 Å². The molecule has 0 bridgehead atoms. The van der Waals surface area contributed by atoms with E-state index < -0.39 is 0 Å². The number of aryl methyl sites for hydroxylation is 2. The third kappa shape index (κ3) is 5.28. The van der Waals surface area contributed by atoms with Gasteiger partial charge < -0.3 is 10.2 Å². The van der Waals surface area contributed by atoms with E-state index in [9.17, 15) is 4.79 Å². The molecular weight excluding hydrogens is 380 g/mol. The number of anilines is 1. The van der Waals surface area contributed by atoms with Crippen molar-refractivity contribution >= 4 is 22.4 Å². The van der Waals surface area contributed by atoms with Crippen LogP contribution in [0.15, 0.2) is 54.6 Å². The Kier molecular flexibility index (Phi) is 7.73. The monoisotopic (exact) mass is 416 g/mol. The van der Waals surface area contributed by atoms with E-state index in [1.807, 2.05) is 19.1 Å². The summed E-state index contributed by atoms with van der Waals surface area (Å²) in [4.78, 5) is 15.6. The summed E-state index contributed by atoms with van der Waals surface area (Å²) in [7, 11) is 0. The number of rotatable bonds is 9. The predicted molar refractivity (Wildman–Crippen MR) is 133 cm³/mol. The molecule has 3 heteroatoms. The van der Waals surface area contributed by atoms with Gasteiger partial charge in [-0.25, -0.2) is 0 Å². The maximum absolute atomic E-state index is 13.2. The second-order valence-electron chi connectivity index (χ2n) is 8.44. The minimum Gasteiger partial charge on any atom is -0.372 e. The van der Waals surface area contributed by atoms with E-state index in [1.54, 1.807) is 0 Å². The number of nitrogens with zero attached hydrogens (tertiary/aromatic N) is 1. The summed E-state index contributed by atoms with van der Waals surface area (Å²) in [6.07, 6.45) is 3.15. The minimum absolute atomic E-state index is 0.00578. The van der Waals surface area contributed by atoms with Gasteiger partial charge in [0.2, 0.25) is 0 Å². The summed E-state index contributed by atoms with van der Waals surface area (Å²) in [5.74, 6) is -0.00578. The van der Waals surface area contributed by atoms with Crippen LogP contribution in [0, 0.1) is 6.92 Å². The minimum atomic E-state index is -0.0906. The van der Waals surface area contributed by atoms with Crippen LogP contribution in [-0.2, 0) is 6.42 Å². The largest absolute Gasteiger partial charge is 0.372 e. The molecule has 164 valence electrons. The first-order valence-electron chi connectivity index (χ1n) is 11.7. The fourth-order valence-corrected chi connectivity index (χ4v) is 4.26. The van der Waals surface area contributed by atoms with Crippen LogP contribution >= 0.6 is 0 Å². The molecule has 0 saturated heterocycles. The molecule has 0 radical (unpaired) electrons. The summed E-state index contributed by atoms with van der Waals surface area (Å²) >= 11 is 0. The molecule has 0 aliphatic carbocycles. The highest BCUT2D eigenvalue weighted by molar-refractivity contribution is 5.97. The lowest BCUT2D eigenvalue weighted by molar-refractivity contribution is 0.0939. The van der Waals surface area contributed by atoms with Crippen molar-refractivity contribution in [1.29, 1.82) is 0 Å². The number of fused-ring (bicyclic) bond motifs is 1. The lowest BCUT2D eigenvalue weighted by Crippen LogP contribution is -2.28. The Morgan fingerprint density at radius 3 is 2.35 bits per heavy atom. The summed E-state index contributed by atoms with van der Waals surface area (Å²) < 4.78 is 0. The quantitative estimate of drug-likeness (QED) is 0.415. The highest BCUT2D eigenvalue weighted by Crippen LogP contribution is 2.31. The first-order valence-corrected chi connectivity index (χ1v) is 11.7. The molecule has 0 saturated carbocycles. The molecule has 3 nitrogen and oxygen atoms in total. The lowest BCUT2D eigenvalue weighted by Gasteiger charge is -2.26. The molecule has 1 amide bonds. The number of carbonyl (C=O) groups excluding carboxylic acids is 1. The molecule has 0 spiro atoms. The van der Waals surface area contributed by atoms with E-state index >= 15 is 0 Å². The van der Waals surface area contributed by atoms with Crippen molar-refractivity contribution in [2.45, 2.75) is 59.9 Å². The van der Waals surface area contributed by atoms with Gasteiger partial charge in [0, 0.05) is 24.3 Å². The third-order valence-corrected chi connectivity index (χ3v) is 6.00. The van der Waals surface area contributed by atoms with Crippen LogP contribution in [0.5, 0.6) is 0 Å². The van der Waals surface area contributed by atoms with E-state index in [0.717, 1.165) is 43.5 Å². The van der Waals surface area contributed by atoms with Crippen LogP contribution < -0.4 is 10.2 Å². The summed E-state index contributed by atoms with van der Waals surface area (Å²) in [6.45, 7) is 12.7. The number of hydrogen-bond acceptors (Lipinski definition) is 2. The van der Waals surface area contributed by atoms with Gasteiger partial charge in [-0.1, -0.05) is 57.2 Å². The Balaban J connectivity index is 1.97. The third-order valence-electron chi connectivity index (χ3n) is 6.00. The molecule has 0 heterocycles. The average Bonchev–Trinajstić information content (AvgIpc) is 2.78. The van der Waals surface area contributed by atoms with E-state index in [0.29, 0.717) is 0 Å². The van der Waals surface area contributed by atoms with Crippen molar-refractivity contribution in [3.8, 4) is 0 Å². The maximum atomic E-state index is 13.2. The molecule has 31 heavy (non-hydrogen) atoms. The summed E-state index contributed by atoms with van der Waals surface area (Å²) in [6, 6.07) is 19.1. The molecule has 0 aliphatic rings. The molecule has 0 aliphatic heterocycles. The Morgan fingerprint density at radius 2 is 1.68 bits per heavy atom. The second-order valence-corrected chi connectivity index (χ2v) is 8.44. The summed E-state index contributed by atoms with van der Waals surface area (Å²) in [5, 5.41) is 5.69. The number of carbonyl (C=O) groups is 1. The van der Waals surface area contributed by atoms with Crippen molar-refractivity contribution in [3.63, 3.8) is 0 Å².